The molecule has 0 radical (unpaired) electrons. The second-order valence-electron chi connectivity index (χ2n) is 4.59. The normalized spacial score (nSPS) is 16.6. The first-order valence-electron chi connectivity index (χ1n) is 6.94. The lowest BCUT2D eigenvalue weighted by molar-refractivity contribution is 0.272. The maximum atomic E-state index is 4.38. The van der Waals surface area contributed by atoms with Crippen molar-refractivity contribution in [3.8, 4) is 0 Å². The van der Waals surface area contributed by atoms with E-state index in [2.05, 4.69) is 39.6 Å². The molecule has 0 unspecified atom stereocenters. The van der Waals surface area contributed by atoms with Crippen molar-refractivity contribution in [3.63, 3.8) is 0 Å². The summed E-state index contributed by atoms with van der Waals surface area (Å²) in [6.45, 7) is 7.31. The van der Waals surface area contributed by atoms with E-state index < -0.39 is 0 Å². The van der Waals surface area contributed by atoms with Crippen LogP contribution in [-0.2, 0) is 6.42 Å². The average Bonchev–Trinajstić information content (AvgIpc) is 2.41. The van der Waals surface area contributed by atoms with Gasteiger partial charge in [-0.1, -0.05) is 13.3 Å². The number of nitrogens with one attached hydrogen (secondary N) is 2. The Hall–Kier alpha value is -1.36. The van der Waals surface area contributed by atoms with Crippen LogP contribution in [0.2, 0.25) is 0 Å². The van der Waals surface area contributed by atoms with Gasteiger partial charge in [0.1, 0.15) is 18.0 Å². The molecule has 1 aromatic heterocycles. The van der Waals surface area contributed by atoms with Crippen LogP contribution in [0.3, 0.4) is 0 Å². The van der Waals surface area contributed by atoms with E-state index in [-0.39, 0.29) is 0 Å². The molecule has 0 atom stereocenters. The maximum Gasteiger partial charge on any atom is 0.149 e. The van der Waals surface area contributed by atoms with Crippen LogP contribution in [0.1, 0.15) is 38.7 Å². The molecular weight excluding hydrogens is 226 g/mol. The third-order valence-corrected chi connectivity index (χ3v) is 3.26. The van der Waals surface area contributed by atoms with Crippen LogP contribution in [0.15, 0.2) is 6.33 Å². The van der Waals surface area contributed by atoms with Crippen molar-refractivity contribution in [1.29, 1.82) is 0 Å². The van der Waals surface area contributed by atoms with Gasteiger partial charge in [0.25, 0.3) is 0 Å². The predicted molar refractivity (Wildman–Crippen MR) is 74.6 cm³/mol. The first-order chi connectivity index (χ1) is 8.85. The zero-order valence-corrected chi connectivity index (χ0v) is 11.4. The molecule has 5 nitrogen and oxygen atoms in total. The molecule has 1 aliphatic heterocycles. The number of rotatable bonds is 5. The fraction of sp³-hybridized carbons (Fsp3) is 0.692. The van der Waals surface area contributed by atoms with Gasteiger partial charge in [0.15, 0.2) is 0 Å². The van der Waals surface area contributed by atoms with Crippen molar-refractivity contribution in [2.24, 2.45) is 0 Å². The summed E-state index contributed by atoms with van der Waals surface area (Å²) < 4.78 is 0. The van der Waals surface area contributed by atoms with Crippen molar-refractivity contribution >= 4 is 11.6 Å². The molecule has 2 rings (SSSR count). The number of hydrogen-bond donors (Lipinski definition) is 2. The smallest absolute Gasteiger partial charge is 0.149 e. The lowest BCUT2D eigenvalue weighted by atomic mass is 10.1. The molecule has 2 heterocycles. The van der Waals surface area contributed by atoms with Crippen molar-refractivity contribution in [3.05, 3.63) is 11.9 Å². The van der Waals surface area contributed by atoms with Crippen LogP contribution in [0.4, 0.5) is 11.6 Å². The van der Waals surface area contributed by atoms with E-state index in [0.717, 1.165) is 37.7 Å². The Morgan fingerprint density at radius 2 is 1.83 bits per heavy atom. The highest BCUT2D eigenvalue weighted by atomic mass is 15.5. The molecular formula is C13H23N5. The zero-order valence-electron chi connectivity index (χ0n) is 11.4. The lowest BCUT2D eigenvalue weighted by Crippen LogP contribution is -2.35. The van der Waals surface area contributed by atoms with Crippen LogP contribution in [0, 0.1) is 0 Å². The molecule has 1 aromatic rings. The topological polar surface area (TPSA) is 53.1 Å². The molecule has 100 valence electrons. The van der Waals surface area contributed by atoms with Gasteiger partial charge in [-0.2, -0.15) is 0 Å². The maximum absolute atomic E-state index is 4.38. The lowest BCUT2D eigenvalue weighted by Gasteiger charge is -2.28. The monoisotopic (exact) mass is 249 g/mol. The molecule has 1 fully saturated rings. The summed E-state index contributed by atoms with van der Waals surface area (Å²) in [6.07, 6.45) is 6.42. The summed E-state index contributed by atoms with van der Waals surface area (Å²) >= 11 is 0. The summed E-state index contributed by atoms with van der Waals surface area (Å²) in [5.74, 6) is 1.90. The third kappa shape index (κ3) is 3.10. The van der Waals surface area contributed by atoms with Crippen LogP contribution < -0.4 is 10.7 Å². The second kappa shape index (κ2) is 6.54. The third-order valence-electron chi connectivity index (χ3n) is 3.26. The van der Waals surface area contributed by atoms with E-state index in [9.17, 15) is 0 Å². The minimum atomic E-state index is 0.882. The van der Waals surface area contributed by atoms with E-state index >= 15 is 0 Å². The van der Waals surface area contributed by atoms with Crippen molar-refractivity contribution in [1.82, 2.24) is 15.0 Å². The van der Waals surface area contributed by atoms with Crippen LogP contribution in [0.25, 0.3) is 0 Å². The second-order valence-corrected chi connectivity index (χ2v) is 4.59. The van der Waals surface area contributed by atoms with E-state index in [1.807, 2.05) is 0 Å². The highest BCUT2D eigenvalue weighted by Crippen LogP contribution is 2.21. The molecule has 18 heavy (non-hydrogen) atoms. The van der Waals surface area contributed by atoms with Gasteiger partial charge in [0.2, 0.25) is 0 Å². The Kier molecular flexibility index (Phi) is 4.75. The Morgan fingerprint density at radius 1 is 1.11 bits per heavy atom. The zero-order chi connectivity index (χ0) is 12.8. The SMILES string of the molecule is CCNc1ncnc(NN2CCCCC2)c1CC. The fourth-order valence-electron chi connectivity index (χ4n) is 2.32. The number of piperidine rings is 1. The van der Waals surface area contributed by atoms with E-state index in [0.29, 0.717) is 0 Å². The standard InChI is InChI=1S/C13H23N5/c1-3-11-12(14-4-2)15-10-16-13(11)17-18-8-6-5-7-9-18/h10H,3-9H2,1-2H3,(H2,14,15,16,17). The molecule has 0 spiro atoms. The van der Waals surface area contributed by atoms with Gasteiger partial charge < -0.3 is 10.7 Å². The van der Waals surface area contributed by atoms with Gasteiger partial charge >= 0.3 is 0 Å². The highest BCUT2D eigenvalue weighted by Gasteiger charge is 2.14. The van der Waals surface area contributed by atoms with Crippen molar-refractivity contribution < 1.29 is 0 Å². The molecule has 0 saturated carbocycles. The van der Waals surface area contributed by atoms with Gasteiger partial charge in [-0.25, -0.2) is 15.0 Å². The quantitative estimate of drug-likeness (QED) is 0.838. The van der Waals surface area contributed by atoms with E-state index in [4.69, 9.17) is 0 Å². The Balaban J connectivity index is 2.12. The van der Waals surface area contributed by atoms with Gasteiger partial charge in [-0.15, -0.1) is 0 Å². The Labute approximate surface area is 109 Å². The number of hydrogen-bond acceptors (Lipinski definition) is 5. The predicted octanol–water partition coefficient (Wildman–Crippen LogP) is 2.28. The summed E-state index contributed by atoms with van der Waals surface area (Å²) in [5, 5.41) is 5.56. The fourth-order valence-corrected chi connectivity index (χ4v) is 2.32. The van der Waals surface area contributed by atoms with Crippen molar-refractivity contribution in [2.75, 3.05) is 30.4 Å². The van der Waals surface area contributed by atoms with Crippen molar-refractivity contribution in [2.45, 2.75) is 39.5 Å². The van der Waals surface area contributed by atoms with Crippen LogP contribution in [0.5, 0.6) is 0 Å². The van der Waals surface area contributed by atoms with Crippen LogP contribution >= 0.6 is 0 Å². The molecule has 1 saturated heterocycles. The summed E-state index contributed by atoms with van der Waals surface area (Å²) in [4.78, 5) is 8.69. The number of hydrazine groups is 1. The summed E-state index contributed by atoms with van der Waals surface area (Å²) in [5.41, 5.74) is 4.61. The minimum Gasteiger partial charge on any atom is -0.370 e. The molecule has 0 aliphatic carbocycles. The Morgan fingerprint density at radius 3 is 2.50 bits per heavy atom. The van der Waals surface area contributed by atoms with Gasteiger partial charge in [-0.05, 0) is 26.2 Å². The number of anilines is 2. The summed E-state index contributed by atoms with van der Waals surface area (Å²) in [6, 6.07) is 0. The average molecular weight is 249 g/mol. The number of nitrogens with zero attached hydrogens (tertiary/aromatic N) is 3. The molecule has 0 bridgehead atoms. The largest absolute Gasteiger partial charge is 0.370 e. The van der Waals surface area contributed by atoms with Gasteiger partial charge in [0, 0.05) is 25.2 Å². The molecule has 1 aliphatic rings. The first-order valence-corrected chi connectivity index (χ1v) is 6.94. The highest BCUT2D eigenvalue weighted by molar-refractivity contribution is 5.56. The van der Waals surface area contributed by atoms with Crippen LogP contribution in [-0.4, -0.2) is 34.6 Å². The van der Waals surface area contributed by atoms with E-state index in [1.165, 1.54) is 24.8 Å². The molecule has 0 aromatic carbocycles. The molecule has 2 N–H and O–H groups in total. The molecule has 5 heteroatoms. The molecule has 0 amide bonds. The first kappa shape index (κ1) is 13.1. The summed E-state index contributed by atoms with van der Waals surface area (Å²) in [7, 11) is 0. The van der Waals surface area contributed by atoms with Gasteiger partial charge in [-0.3, -0.25) is 0 Å². The number of aromatic nitrogens is 2. The Bertz CT molecular complexity index is 374. The van der Waals surface area contributed by atoms with Gasteiger partial charge in [0.05, 0.1) is 0 Å². The minimum absolute atomic E-state index is 0.882. The van der Waals surface area contributed by atoms with E-state index in [1.54, 1.807) is 6.33 Å².